The summed E-state index contributed by atoms with van der Waals surface area (Å²) in [6.07, 6.45) is 0.350. The number of carbonyl (C=O) groups is 1. The van der Waals surface area contributed by atoms with E-state index >= 15 is 0 Å². The van der Waals surface area contributed by atoms with E-state index in [-0.39, 0.29) is 18.2 Å². The maximum absolute atomic E-state index is 12.9. The molecule has 1 aliphatic heterocycles. The summed E-state index contributed by atoms with van der Waals surface area (Å²) in [6, 6.07) is 12.7. The minimum atomic E-state index is -3.38. The highest BCUT2D eigenvalue weighted by Gasteiger charge is 2.34. The quantitative estimate of drug-likeness (QED) is 0.778. The summed E-state index contributed by atoms with van der Waals surface area (Å²) < 4.78 is 25.5. The van der Waals surface area contributed by atoms with Crippen molar-refractivity contribution in [3.05, 3.63) is 69.7 Å². The van der Waals surface area contributed by atoms with Crippen LogP contribution < -0.4 is 0 Å². The predicted octanol–water partition coefficient (Wildman–Crippen LogP) is 3.96. The summed E-state index contributed by atoms with van der Waals surface area (Å²) in [5, 5.41) is -0.219. The average molecular weight is 392 g/mol. The Labute approximate surface area is 159 Å². The molecule has 6 heteroatoms. The van der Waals surface area contributed by atoms with E-state index in [1.54, 1.807) is 29.2 Å². The fraction of sp³-hybridized carbons (Fsp3) is 0.350. The molecule has 2 aromatic rings. The molecule has 3 rings (SSSR count). The van der Waals surface area contributed by atoms with Gasteiger partial charge in [-0.3, -0.25) is 4.79 Å². The van der Waals surface area contributed by atoms with E-state index in [9.17, 15) is 13.2 Å². The molecule has 1 saturated heterocycles. The van der Waals surface area contributed by atoms with Gasteiger partial charge >= 0.3 is 0 Å². The smallest absolute Gasteiger partial charge is 0.253 e. The largest absolute Gasteiger partial charge is 0.338 e. The number of amides is 1. The summed E-state index contributed by atoms with van der Waals surface area (Å²) in [4.78, 5) is 14.5. The van der Waals surface area contributed by atoms with Gasteiger partial charge in [-0.1, -0.05) is 47.0 Å². The molecule has 26 heavy (non-hydrogen) atoms. The standard InChI is InChI=1S/C20H22ClNO3S/c1-14-11-15(2)13-16(12-14)20(23)22-8-7-19(26(24,25)10-9-22)17-5-3-4-6-18(17)21/h3-6,11-13,19H,7-10H2,1-2H3. The average Bonchev–Trinajstić information content (AvgIpc) is 2.72. The molecule has 1 atom stereocenters. The summed E-state index contributed by atoms with van der Waals surface area (Å²) in [5.74, 6) is -0.175. The van der Waals surface area contributed by atoms with Crippen LogP contribution in [0, 0.1) is 13.8 Å². The van der Waals surface area contributed by atoms with Crippen molar-refractivity contribution in [3.8, 4) is 0 Å². The summed E-state index contributed by atoms with van der Waals surface area (Å²) in [5.41, 5.74) is 3.26. The molecule has 0 saturated carbocycles. The van der Waals surface area contributed by atoms with Crippen LogP contribution in [0.3, 0.4) is 0 Å². The van der Waals surface area contributed by atoms with E-state index in [0.717, 1.165) is 11.1 Å². The lowest BCUT2D eigenvalue weighted by Crippen LogP contribution is -2.33. The highest BCUT2D eigenvalue weighted by Crippen LogP contribution is 2.34. The van der Waals surface area contributed by atoms with Gasteiger partial charge < -0.3 is 4.90 Å². The van der Waals surface area contributed by atoms with E-state index in [2.05, 4.69) is 0 Å². The van der Waals surface area contributed by atoms with Crippen LogP contribution in [0.4, 0.5) is 0 Å². The number of benzene rings is 2. The van der Waals surface area contributed by atoms with Crippen molar-refractivity contribution in [2.24, 2.45) is 0 Å². The van der Waals surface area contributed by atoms with Crippen molar-refractivity contribution in [3.63, 3.8) is 0 Å². The number of halogens is 1. The van der Waals surface area contributed by atoms with Crippen LogP contribution in [0.25, 0.3) is 0 Å². The molecule has 1 amide bonds. The molecule has 1 unspecified atom stereocenters. The van der Waals surface area contributed by atoms with Crippen molar-refractivity contribution in [1.29, 1.82) is 0 Å². The Balaban J connectivity index is 1.87. The van der Waals surface area contributed by atoms with Crippen LogP contribution >= 0.6 is 11.6 Å². The first-order valence-corrected chi connectivity index (χ1v) is 10.7. The molecule has 0 radical (unpaired) electrons. The SMILES string of the molecule is Cc1cc(C)cc(C(=O)N2CCC(c3ccccc3Cl)S(=O)(=O)CC2)c1. The lowest BCUT2D eigenvalue weighted by molar-refractivity contribution is 0.0766. The molecule has 1 heterocycles. The molecule has 4 nitrogen and oxygen atoms in total. The van der Waals surface area contributed by atoms with Crippen molar-refractivity contribution >= 4 is 27.3 Å². The predicted molar refractivity (Wildman–Crippen MR) is 104 cm³/mol. The Morgan fingerprint density at radius 3 is 2.38 bits per heavy atom. The van der Waals surface area contributed by atoms with Crippen molar-refractivity contribution in [2.45, 2.75) is 25.5 Å². The fourth-order valence-corrected chi connectivity index (χ4v) is 5.66. The maximum Gasteiger partial charge on any atom is 0.253 e. The number of hydrogen-bond acceptors (Lipinski definition) is 3. The molecular weight excluding hydrogens is 370 g/mol. The van der Waals surface area contributed by atoms with Gasteiger partial charge in [0.25, 0.3) is 5.91 Å². The number of nitrogens with zero attached hydrogens (tertiary/aromatic N) is 1. The Morgan fingerprint density at radius 2 is 1.73 bits per heavy atom. The molecule has 0 aromatic heterocycles. The van der Waals surface area contributed by atoms with Crippen LogP contribution in [-0.4, -0.2) is 38.1 Å². The van der Waals surface area contributed by atoms with Crippen LogP contribution in [0.2, 0.25) is 5.02 Å². The van der Waals surface area contributed by atoms with Crippen LogP contribution in [0.15, 0.2) is 42.5 Å². The summed E-state index contributed by atoms with van der Waals surface area (Å²) >= 11 is 6.22. The molecule has 0 bridgehead atoms. The van der Waals surface area contributed by atoms with E-state index in [1.165, 1.54) is 0 Å². The third-order valence-electron chi connectivity index (χ3n) is 4.75. The monoisotopic (exact) mass is 391 g/mol. The number of aryl methyl sites for hydroxylation is 2. The molecule has 1 aliphatic rings. The van der Waals surface area contributed by atoms with Gasteiger partial charge in [0.1, 0.15) is 0 Å². The Morgan fingerprint density at radius 1 is 1.08 bits per heavy atom. The van der Waals surface area contributed by atoms with Crippen LogP contribution in [0.5, 0.6) is 0 Å². The summed E-state index contributed by atoms with van der Waals surface area (Å²) in [6.45, 7) is 4.49. The molecule has 2 aromatic carbocycles. The number of sulfone groups is 1. The first-order valence-electron chi connectivity index (χ1n) is 8.61. The Kier molecular flexibility index (Phi) is 5.39. The van der Waals surface area contributed by atoms with Gasteiger partial charge in [-0.25, -0.2) is 8.42 Å². The normalized spacial score (nSPS) is 19.8. The second-order valence-electron chi connectivity index (χ2n) is 6.83. The zero-order chi connectivity index (χ0) is 18.9. The second kappa shape index (κ2) is 7.41. The second-order valence-corrected chi connectivity index (χ2v) is 9.54. The zero-order valence-electron chi connectivity index (χ0n) is 14.9. The first kappa shape index (κ1) is 18.9. The van der Waals surface area contributed by atoms with Crippen molar-refractivity contribution in [2.75, 3.05) is 18.8 Å². The van der Waals surface area contributed by atoms with Crippen LogP contribution in [-0.2, 0) is 9.84 Å². The Hall–Kier alpha value is -1.85. The first-order chi connectivity index (χ1) is 12.3. The van der Waals surface area contributed by atoms with Gasteiger partial charge in [-0.2, -0.15) is 0 Å². The summed E-state index contributed by atoms with van der Waals surface area (Å²) in [7, 11) is -3.38. The van der Waals surface area contributed by atoms with E-state index in [4.69, 9.17) is 11.6 Å². The highest BCUT2D eigenvalue weighted by molar-refractivity contribution is 7.91. The van der Waals surface area contributed by atoms with Crippen molar-refractivity contribution < 1.29 is 13.2 Å². The van der Waals surface area contributed by atoms with E-state index in [1.807, 2.05) is 32.0 Å². The van der Waals surface area contributed by atoms with Gasteiger partial charge in [0, 0.05) is 23.7 Å². The molecule has 0 aliphatic carbocycles. The Bertz CT molecular complexity index is 920. The van der Waals surface area contributed by atoms with Crippen molar-refractivity contribution in [1.82, 2.24) is 4.90 Å². The molecule has 138 valence electrons. The van der Waals surface area contributed by atoms with E-state index < -0.39 is 15.1 Å². The van der Waals surface area contributed by atoms with E-state index in [0.29, 0.717) is 29.1 Å². The fourth-order valence-electron chi connectivity index (χ4n) is 3.51. The van der Waals surface area contributed by atoms with Gasteiger partial charge in [0.15, 0.2) is 9.84 Å². The van der Waals surface area contributed by atoms with Gasteiger partial charge in [0.2, 0.25) is 0 Å². The maximum atomic E-state index is 12.9. The minimum absolute atomic E-state index is 0.0561. The highest BCUT2D eigenvalue weighted by atomic mass is 35.5. The van der Waals surface area contributed by atoms with Gasteiger partial charge in [-0.05, 0) is 44.0 Å². The molecular formula is C20H22ClNO3S. The third kappa shape index (κ3) is 3.94. The zero-order valence-corrected chi connectivity index (χ0v) is 16.5. The third-order valence-corrected chi connectivity index (χ3v) is 7.20. The van der Waals surface area contributed by atoms with Crippen LogP contribution in [0.1, 0.15) is 38.7 Å². The minimum Gasteiger partial charge on any atom is -0.338 e. The lowest BCUT2D eigenvalue weighted by atomic mass is 10.1. The lowest BCUT2D eigenvalue weighted by Gasteiger charge is -2.20. The van der Waals surface area contributed by atoms with Gasteiger partial charge in [0.05, 0.1) is 11.0 Å². The number of rotatable bonds is 2. The molecule has 0 spiro atoms. The molecule has 1 fully saturated rings. The van der Waals surface area contributed by atoms with Gasteiger partial charge in [-0.15, -0.1) is 0 Å². The number of carbonyl (C=O) groups excluding carboxylic acids is 1. The molecule has 0 N–H and O–H groups in total. The topological polar surface area (TPSA) is 54.5 Å². The number of hydrogen-bond donors (Lipinski definition) is 0.